The van der Waals surface area contributed by atoms with Gasteiger partial charge >= 0.3 is 0 Å². The van der Waals surface area contributed by atoms with Crippen molar-refractivity contribution < 1.29 is 9.47 Å². The SMILES string of the molecule is CCCOc1cncc(C(CC(C)OC)NC)c1. The highest BCUT2D eigenvalue weighted by molar-refractivity contribution is 5.26. The first-order valence-electron chi connectivity index (χ1n) is 6.49. The number of nitrogens with one attached hydrogen (secondary N) is 1. The number of nitrogens with zero attached hydrogens (tertiary/aromatic N) is 1. The van der Waals surface area contributed by atoms with Crippen LogP contribution in [0.3, 0.4) is 0 Å². The van der Waals surface area contributed by atoms with E-state index in [2.05, 4.69) is 24.1 Å². The Morgan fingerprint density at radius 2 is 2.17 bits per heavy atom. The van der Waals surface area contributed by atoms with E-state index in [1.807, 2.05) is 19.3 Å². The van der Waals surface area contributed by atoms with Crippen molar-refractivity contribution in [3.05, 3.63) is 24.0 Å². The molecule has 102 valence electrons. The van der Waals surface area contributed by atoms with Crippen molar-refractivity contribution in [2.75, 3.05) is 20.8 Å². The molecule has 0 aliphatic heterocycles. The number of methoxy groups -OCH3 is 1. The van der Waals surface area contributed by atoms with Crippen molar-refractivity contribution in [1.82, 2.24) is 10.3 Å². The molecule has 0 fully saturated rings. The molecule has 1 aromatic heterocycles. The first kappa shape index (κ1) is 14.9. The third-order valence-electron chi connectivity index (χ3n) is 2.93. The fourth-order valence-corrected chi connectivity index (χ4v) is 1.77. The van der Waals surface area contributed by atoms with Gasteiger partial charge in [0.25, 0.3) is 0 Å². The van der Waals surface area contributed by atoms with E-state index in [1.54, 1.807) is 13.3 Å². The molecule has 0 aromatic carbocycles. The highest BCUT2D eigenvalue weighted by atomic mass is 16.5. The fourth-order valence-electron chi connectivity index (χ4n) is 1.77. The smallest absolute Gasteiger partial charge is 0.137 e. The number of hydrogen-bond acceptors (Lipinski definition) is 4. The molecular formula is C14H24N2O2. The van der Waals surface area contributed by atoms with Gasteiger partial charge in [-0.1, -0.05) is 6.92 Å². The van der Waals surface area contributed by atoms with Gasteiger partial charge < -0.3 is 14.8 Å². The van der Waals surface area contributed by atoms with E-state index >= 15 is 0 Å². The monoisotopic (exact) mass is 252 g/mol. The molecule has 0 aliphatic rings. The van der Waals surface area contributed by atoms with E-state index in [0.29, 0.717) is 0 Å². The summed E-state index contributed by atoms with van der Waals surface area (Å²) in [5.74, 6) is 0.833. The van der Waals surface area contributed by atoms with Gasteiger partial charge in [0.1, 0.15) is 5.75 Å². The molecule has 2 atom stereocenters. The highest BCUT2D eigenvalue weighted by Crippen LogP contribution is 2.22. The second-order valence-electron chi connectivity index (χ2n) is 4.43. The Balaban J connectivity index is 2.72. The Kier molecular flexibility index (Phi) is 6.68. The van der Waals surface area contributed by atoms with Crippen molar-refractivity contribution in [2.24, 2.45) is 0 Å². The van der Waals surface area contributed by atoms with Gasteiger partial charge in [-0.15, -0.1) is 0 Å². The number of ether oxygens (including phenoxy) is 2. The van der Waals surface area contributed by atoms with Crippen molar-refractivity contribution in [3.63, 3.8) is 0 Å². The molecule has 1 aromatic rings. The predicted octanol–water partition coefficient (Wildman–Crippen LogP) is 2.56. The van der Waals surface area contributed by atoms with E-state index in [-0.39, 0.29) is 12.1 Å². The van der Waals surface area contributed by atoms with Crippen molar-refractivity contribution in [1.29, 1.82) is 0 Å². The molecule has 0 aliphatic carbocycles. The van der Waals surface area contributed by atoms with Crippen LogP contribution in [0.25, 0.3) is 0 Å². The van der Waals surface area contributed by atoms with Crippen LogP contribution in [-0.2, 0) is 4.74 Å². The standard InChI is InChI=1S/C14H24N2O2/c1-5-6-18-13-8-12(9-16-10-13)14(15-3)7-11(2)17-4/h8-11,14-15H,5-7H2,1-4H3. The van der Waals surface area contributed by atoms with Gasteiger partial charge in [0.2, 0.25) is 0 Å². The van der Waals surface area contributed by atoms with Gasteiger partial charge in [-0.05, 0) is 38.4 Å². The molecule has 0 amide bonds. The zero-order valence-corrected chi connectivity index (χ0v) is 11.8. The molecule has 4 heteroatoms. The van der Waals surface area contributed by atoms with Crippen LogP contribution in [0.15, 0.2) is 18.5 Å². The molecule has 0 bridgehead atoms. The summed E-state index contributed by atoms with van der Waals surface area (Å²) in [6.45, 7) is 4.88. The summed E-state index contributed by atoms with van der Waals surface area (Å²) in [7, 11) is 3.68. The van der Waals surface area contributed by atoms with Crippen LogP contribution in [0.5, 0.6) is 5.75 Å². The normalized spacial score (nSPS) is 14.2. The van der Waals surface area contributed by atoms with E-state index < -0.39 is 0 Å². The molecule has 0 radical (unpaired) electrons. The van der Waals surface area contributed by atoms with E-state index in [1.165, 1.54) is 0 Å². The number of hydrogen-bond donors (Lipinski definition) is 1. The zero-order chi connectivity index (χ0) is 13.4. The third-order valence-corrected chi connectivity index (χ3v) is 2.93. The van der Waals surface area contributed by atoms with Crippen LogP contribution < -0.4 is 10.1 Å². The molecule has 0 saturated carbocycles. The third kappa shape index (κ3) is 4.63. The zero-order valence-electron chi connectivity index (χ0n) is 11.8. The largest absolute Gasteiger partial charge is 0.492 e. The molecule has 0 spiro atoms. The van der Waals surface area contributed by atoms with Crippen LogP contribution in [0, 0.1) is 0 Å². The molecule has 0 saturated heterocycles. The summed E-state index contributed by atoms with van der Waals surface area (Å²) in [5, 5.41) is 3.29. The van der Waals surface area contributed by atoms with Crippen molar-refractivity contribution >= 4 is 0 Å². The summed E-state index contributed by atoms with van der Waals surface area (Å²) >= 11 is 0. The topological polar surface area (TPSA) is 43.4 Å². The predicted molar refractivity (Wildman–Crippen MR) is 72.9 cm³/mol. The van der Waals surface area contributed by atoms with E-state index in [9.17, 15) is 0 Å². The summed E-state index contributed by atoms with van der Waals surface area (Å²) in [4.78, 5) is 4.23. The second kappa shape index (κ2) is 8.06. The van der Waals surface area contributed by atoms with Gasteiger partial charge in [0.15, 0.2) is 0 Å². The van der Waals surface area contributed by atoms with Crippen LogP contribution in [-0.4, -0.2) is 31.9 Å². The fraction of sp³-hybridized carbons (Fsp3) is 0.643. The highest BCUT2D eigenvalue weighted by Gasteiger charge is 2.14. The lowest BCUT2D eigenvalue weighted by Crippen LogP contribution is -2.22. The molecule has 18 heavy (non-hydrogen) atoms. The Bertz CT molecular complexity index is 344. The average molecular weight is 252 g/mol. The maximum Gasteiger partial charge on any atom is 0.137 e. The molecule has 4 nitrogen and oxygen atoms in total. The van der Waals surface area contributed by atoms with Gasteiger partial charge in [0, 0.05) is 19.3 Å². The first-order valence-corrected chi connectivity index (χ1v) is 6.49. The van der Waals surface area contributed by atoms with Crippen LogP contribution in [0.1, 0.15) is 38.3 Å². The lowest BCUT2D eigenvalue weighted by molar-refractivity contribution is 0.101. The molecule has 1 heterocycles. The van der Waals surface area contributed by atoms with Gasteiger partial charge in [-0.3, -0.25) is 4.98 Å². The number of rotatable bonds is 8. The van der Waals surface area contributed by atoms with Gasteiger partial charge in [-0.2, -0.15) is 0 Å². The van der Waals surface area contributed by atoms with Crippen LogP contribution in [0.4, 0.5) is 0 Å². The molecule has 1 N–H and O–H groups in total. The van der Waals surface area contributed by atoms with Crippen molar-refractivity contribution in [3.8, 4) is 5.75 Å². The summed E-state index contributed by atoms with van der Waals surface area (Å²) in [5.41, 5.74) is 1.13. The molecular weight excluding hydrogens is 228 g/mol. The average Bonchev–Trinajstić information content (AvgIpc) is 2.42. The van der Waals surface area contributed by atoms with Gasteiger partial charge in [-0.25, -0.2) is 0 Å². The summed E-state index contributed by atoms with van der Waals surface area (Å²) < 4.78 is 10.9. The Morgan fingerprint density at radius 1 is 1.39 bits per heavy atom. The Morgan fingerprint density at radius 3 is 2.78 bits per heavy atom. The van der Waals surface area contributed by atoms with Gasteiger partial charge in [0.05, 0.1) is 18.9 Å². The lowest BCUT2D eigenvalue weighted by atomic mass is 10.0. The van der Waals surface area contributed by atoms with Crippen LogP contribution in [0.2, 0.25) is 0 Å². The van der Waals surface area contributed by atoms with Crippen LogP contribution >= 0.6 is 0 Å². The van der Waals surface area contributed by atoms with E-state index in [4.69, 9.17) is 9.47 Å². The number of aromatic nitrogens is 1. The number of pyridine rings is 1. The maximum absolute atomic E-state index is 5.60. The maximum atomic E-state index is 5.60. The lowest BCUT2D eigenvalue weighted by Gasteiger charge is -2.20. The van der Waals surface area contributed by atoms with Crippen molar-refractivity contribution in [2.45, 2.75) is 38.8 Å². The Hall–Kier alpha value is -1.13. The molecule has 1 rings (SSSR count). The minimum absolute atomic E-state index is 0.211. The Labute approximate surface area is 110 Å². The second-order valence-corrected chi connectivity index (χ2v) is 4.43. The van der Waals surface area contributed by atoms with E-state index in [0.717, 1.165) is 30.8 Å². The quantitative estimate of drug-likeness (QED) is 0.772. The summed E-state index contributed by atoms with van der Waals surface area (Å²) in [6.07, 6.45) is 5.75. The minimum Gasteiger partial charge on any atom is -0.492 e. The minimum atomic E-state index is 0.211. The molecule has 2 unspecified atom stereocenters. The summed E-state index contributed by atoms with van der Waals surface area (Å²) in [6, 6.07) is 2.28. The first-order chi connectivity index (χ1) is 8.71.